The normalized spacial score (nSPS) is 16.8. The van der Waals surface area contributed by atoms with Gasteiger partial charge in [-0.3, -0.25) is 9.69 Å². The van der Waals surface area contributed by atoms with E-state index in [0.717, 1.165) is 24.0 Å². The summed E-state index contributed by atoms with van der Waals surface area (Å²) in [5.74, 6) is 1.18. The zero-order valence-corrected chi connectivity index (χ0v) is 14.6. The molecule has 1 aliphatic carbocycles. The van der Waals surface area contributed by atoms with Crippen LogP contribution in [0.25, 0.3) is 0 Å². The molecule has 4 rings (SSSR count). The van der Waals surface area contributed by atoms with Gasteiger partial charge in [-0.1, -0.05) is 0 Å². The topological polar surface area (TPSA) is 50.8 Å². The fourth-order valence-corrected chi connectivity index (χ4v) is 4.21. The molecule has 1 aromatic carbocycles. The average Bonchev–Trinajstić information content (AvgIpc) is 3.24. The molecule has 0 saturated heterocycles. The Morgan fingerprint density at radius 1 is 1.17 bits per heavy atom. The lowest BCUT2D eigenvalue weighted by atomic mass is 10.2. The molecule has 0 bridgehead atoms. The van der Waals surface area contributed by atoms with E-state index < -0.39 is 0 Å². The van der Waals surface area contributed by atoms with E-state index in [0.29, 0.717) is 17.2 Å². The van der Waals surface area contributed by atoms with Gasteiger partial charge in [0.25, 0.3) is 5.91 Å². The molecule has 0 radical (unpaired) electrons. The molecule has 5 nitrogen and oxygen atoms in total. The van der Waals surface area contributed by atoms with Gasteiger partial charge >= 0.3 is 0 Å². The van der Waals surface area contributed by atoms with Crippen LogP contribution in [-0.2, 0) is 13.1 Å². The lowest BCUT2D eigenvalue weighted by Crippen LogP contribution is -2.18. The summed E-state index contributed by atoms with van der Waals surface area (Å²) in [6.45, 7) is 1.98. The third-order valence-electron chi connectivity index (χ3n) is 4.55. The van der Waals surface area contributed by atoms with Crippen LogP contribution in [0.1, 0.15) is 33.0 Å². The predicted octanol–water partition coefficient (Wildman–Crippen LogP) is 3.50. The number of nitrogens with zero attached hydrogens (tertiary/aromatic N) is 1. The summed E-state index contributed by atoms with van der Waals surface area (Å²) in [4.78, 5) is 17.1. The number of amides is 1. The first-order valence-corrected chi connectivity index (χ1v) is 8.88. The van der Waals surface area contributed by atoms with Crippen molar-refractivity contribution in [3.05, 3.63) is 39.6 Å². The lowest BCUT2D eigenvalue weighted by Gasteiger charge is -2.13. The van der Waals surface area contributed by atoms with E-state index in [1.807, 2.05) is 12.1 Å². The number of thiophene rings is 1. The van der Waals surface area contributed by atoms with Gasteiger partial charge in [0.1, 0.15) is 0 Å². The summed E-state index contributed by atoms with van der Waals surface area (Å²) < 4.78 is 10.5. The molecule has 2 aromatic rings. The first-order chi connectivity index (χ1) is 11.7. The minimum absolute atomic E-state index is 0.0698. The van der Waals surface area contributed by atoms with Crippen molar-refractivity contribution in [1.29, 1.82) is 0 Å². The van der Waals surface area contributed by atoms with Crippen molar-refractivity contribution in [2.45, 2.75) is 32.0 Å². The zero-order chi connectivity index (χ0) is 16.7. The first-order valence-electron chi connectivity index (χ1n) is 8.07. The van der Waals surface area contributed by atoms with Crippen molar-refractivity contribution in [2.24, 2.45) is 0 Å². The van der Waals surface area contributed by atoms with Crippen LogP contribution in [0.2, 0.25) is 0 Å². The number of fused-ring (bicyclic) bond motifs is 1. The van der Waals surface area contributed by atoms with Crippen LogP contribution in [0.4, 0.5) is 5.69 Å². The van der Waals surface area contributed by atoms with Gasteiger partial charge in [-0.15, -0.1) is 11.3 Å². The molecule has 0 unspecified atom stereocenters. The van der Waals surface area contributed by atoms with Gasteiger partial charge < -0.3 is 14.8 Å². The van der Waals surface area contributed by atoms with Crippen molar-refractivity contribution in [3.63, 3.8) is 0 Å². The second kappa shape index (κ2) is 6.11. The number of anilines is 1. The summed E-state index contributed by atoms with van der Waals surface area (Å²) in [5.41, 5.74) is 2.01. The number of nitrogens with one attached hydrogen (secondary N) is 1. The molecule has 126 valence electrons. The smallest absolute Gasteiger partial charge is 0.265 e. The minimum atomic E-state index is -0.0698. The molecule has 1 saturated carbocycles. The zero-order valence-electron chi connectivity index (χ0n) is 13.8. The van der Waals surface area contributed by atoms with Crippen molar-refractivity contribution < 1.29 is 14.3 Å². The number of ether oxygens (including phenoxy) is 2. The Bertz CT molecular complexity index is 759. The van der Waals surface area contributed by atoms with Gasteiger partial charge in [-0.05, 0) is 36.6 Å². The molecular formula is C18H20N2O3S. The van der Waals surface area contributed by atoms with Gasteiger partial charge in [-0.2, -0.15) is 0 Å². The molecule has 1 fully saturated rings. The first kappa shape index (κ1) is 15.5. The molecule has 1 N–H and O–H groups in total. The number of hydrogen-bond acceptors (Lipinski definition) is 5. The largest absolute Gasteiger partial charge is 0.493 e. The highest BCUT2D eigenvalue weighted by Gasteiger charge is 2.34. The van der Waals surface area contributed by atoms with Crippen LogP contribution in [0, 0.1) is 0 Å². The third kappa shape index (κ3) is 2.87. The summed E-state index contributed by atoms with van der Waals surface area (Å²) in [5, 5.41) is 2.94. The van der Waals surface area contributed by atoms with Crippen LogP contribution < -0.4 is 14.8 Å². The highest BCUT2D eigenvalue weighted by molar-refractivity contribution is 7.14. The summed E-state index contributed by atoms with van der Waals surface area (Å²) in [6, 6.07) is 8.19. The number of methoxy groups -OCH3 is 2. The van der Waals surface area contributed by atoms with E-state index in [4.69, 9.17) is 9.47 Å². The Hall–Kier alpha value is -2.05. The maximum atomic E-state index is 12.5. The molecule has 1 amide bonds. The number of rotatable bonds is 5. The van der Waals surface area contributed by atoms with Crippen LogP contribution in [0.15, 0.2) is 24.3 Å². The van der Waals surface area contributed by atoms with Crippen LogP contribution in [-0.4, -0.2) is 31.1 Å². The van der Waals surface area contributed by atoms with Crippen molar-refractivity contribution in [3.8, 4) is 11.5 Å². The fraction of sp³-hybridized carbons (Fsp3) is 0.389. The van der Waals surface area contributed by atoms with E-state index >= 15 is 0 Å². The Kier molecular flexibility index (Phi) is 3.94. The molecule has 0 spiro atoms. The van der Waals surface area contributed by atoms with Crippen molar-refractivity contribution in [1.82, 2.24) is 4.90 Å². The number of carbonyl (C=O) groups is 1. The summed E-state index contributed by atoms with van der Waals surface area (Å²) >= 11 is 1.61. The van der Waals surface area contributed by atoms with Crippen LogP contribution in [0.5, 0.6) is 11.5 Å². The summed E-state index contributed by atoms with van der Waals surface area (Å²) in [6.07, 6.45) is 2.64. The van der Waals surface area contributed by atoms with Crippen LogP contribution >= 0.6 is 11.3 Å². The van der Waals surface area contributed by atoms with Gasteiger partial charge in [0, 0.05) is 35.8 Å². The second-order valence-electron chi connectivity index (χ2n) is 6.22. The maximum absolute atomic E-state index is 12.5. The van der Waals surface area contributed by atoms with E-state index in [1.54, 1.807) is 37.7 Å². The molecule has 2 heterocycles. The Morgan fingerprint density at radius 2 is 1.96 bits per heavy atom. The third-order valence-corrected chi connectivity index (χ3v) is 5.71. The number of benzene rings is 1. The van der Waals surface area contributed by atoms with Gasteiger partial charge in [0.15, 0.2) is 11.5 Å². The molecule has 1 aromatic heterocycles. The standard InChI is InChI=1S/C18H20N2O3S/c1-22-14-6-3-12(8-15(14)23-2)19-18(21)16-7-11-9-20(13-4-5-13)10-17(11)24-16/h3,6-8,13H,4-5,9-10H2,1-2H3,(H,19,21). The van der Waals surface area contributed by atoms with Crippen molar-refractivity contribution in [2.75, 3.05) is 19.5 Å². The molecule has 1 aliphatic heterocycles. The van der Waals surface area contributed by atoms with E-state index in [-0.39, 0.29) is 5.91 Å². The highest BCUT2D eigenvalue weighted by atomic mass is 32.1. The lowest BCUT2D eigenvalue weighted by molar-refractivity contribution is 0.103. The molecule has 6 heteroatoms. The number of carbonyl (C=O) groups excluding carboxylic acids is 1. The Balaban J connectivity index is 1.46. The molecule has 2 aliphatic rings. The van der Waals surface area contributed by atoms with E-state index in [2.05, 4.69) is 10.2 Å². The van der Waals surface area contributed by atoms with Gasteiger partial charge in [-0.25, -0.2) is 0 Å². The van der Waals surface area contributed by atoms with Gasteiger partial charge in [0.2, 0.25) is 0 Å². The van der Waals surface area contributed by atoms with Gasteiger partial charge in [0.05, 0.1) is 19.1 Å². The monoisotopic (exact) mass is 344 g/mol. The number of hydrogen-bond donors (Lipinski definition) is 1. The Morgan fingerprint density at radius 3 is 2.62 bits per heavy atom. The maximum Gasteiger partial charge on any atom is 0.265 e. The predicted molar refractivity (Wildman–Crippen MR) is 94.1 cm³/mol. The quantitative estimate of drug-likeness (QED) is 0.902. The SMILES string of the molecule is COc1ccc(NC(=O)c2cc3c(s2)CN(C2CC2)C3)cc1OC. The average molecular weight is 344 g/mol. The van der Waals surface area contributed by atoms with E-state index in [1.165, 1.54) is 23.3 Å². The van der Waals surface area contributed by atoms with E-state index in [9.17, 15) is 4.79 Å². The van der Waals surface area contributed by atoms with Crippen LogP contribution in [0.3, 0.4) is 0 Å². The molecule has 0 atom stereocenters. The Labute approximate surface area is 145 Å². The second-order valence-corrected chi connectivity index (χ2v) is 7.36. The molecular weight excluding hydrogens is 324 g/mol. The summed E-state index contributed by atoms with van der Waals surface area (Å²) in [7, 11) is 3.17. The highest BCUT2D eigenvalue weighted by Crippen LogP contribution is 2.38. The minimum Gasteiger partial charge on any atom is -0.493 e. The fourth-order valence-electron chi connectivity index (χ4n) is 3.11. The van der Waals surface area contributed by atoms with Crippen molar-refractivity contribution >= 4 is 22.9 Å². The molecule has 24 heavy (non-hydrogen) atoms.